The van der Waals surface area contributed by atoms with E-state index in [1.807, 2.05) is 24.3 Å². The lowest BCUT2D eigenvalue weighted by atomic mass is 9.60. The number of fused-ring (bicyclic) bond motifs is 1. The van der Waals surface area contributed by atoms with E-state index in [2.05, 4.69) is 31.9 Å². The second-order valence-corrected chi connectivity index (χ2v) is 11.4. The second-order valence-electron chi connectivity index (χ2n) is 11.4. The zero-order valence-electron chi connectivity index (χ0n) is 26.0. The largest absolute Gasteiger partial charge is 0.493 e. The highest BCUT2D eigenvalue weighted by Crippen LogP contribution is 2.47. The lowest BCUT2D eigenvalue weighted by Crippen LogP contribution is -2.47. The Morgan fingerprint density at radius 3 is 2.22 bits per heavy atom. The van der Waals surface area contributed by atoms with Crippen LogP contribution in [0.25, 0.3) is 0 Å². The van der Waals surface area contributed by atoms with Crippen molar-refractivity contribution in [3.05, 3.63) is 47.0 Å². The van der Waals surface area contributed by atoms with Gasteiger partial charge in [0.25, 0.3) is 0 Å². The number of carboxylic acid groups (broad SMARTS) is 1. The molecule has 0 fully saturated rings. The summed E-state index contributed by atoms with van der Waals surface area (Å²) in [6, 6.07) is 10.1. The smallest absolute Gasteiger partial charge is 0.310 e. The first-order valence-corrected chi connectivity index (χ1v) is 14.6. The first-order chi connectivity index (χ1) is 19.7. The number of ether oxygens (including phenoxy) is 5. The predicted octanol–water partition coefficient (Wildman–Crippen LogP) is 5.52. The van der Waals surface area contributed by atoms with Crippen LogP contribution in [-0.4, -0.2) is 77.8 Å². The summed E-state index contributed by atoms with van der Waals surface area (Å²) in [6.45, 7) is 6.87. The number of likely N-dealkylation sites (N-methyl/N-ethyl adjacent to an activating group) is 1. The van der Waals surface area contributed by atoms with Crippen LogP contribution in [0, 0.1) is 17.3 Å². The number of rotatable bonds is 17. The average molecular weight is 572 g/mol. The van der Waals surface area contributed by atoms with E-state index in [4.69, 9.17) is 23.7 Å². The van der Waals surface area contributed by atoms with Crippen molar-refractivity contribution < 1.29 is 33.6 Å². The van der Waals surface area contributed by atoms with Gasteiger partial charge < -0.3 is 33.7 Å². The van der Waals surface area contributed by atoms with Gasteiger partial charge in [-0.25, -0.2) is 0 Å². The molecule has 8 nitrogen and oxygen atoms in total. The number of hydrogen-bond acceptors (Lipinski definition) is 7. The molecule has 0 aromatic heterocycles. The number of methoxy groups -OCH3 is 4. The van der Waals surface area contributed by atoms with E-state index in [9.17, 15) is 9.90 Å². The van der Waals surface area contributed by atoms with Crippen molar-refractivity contribution >= 4 is 5.97 Å². The summed E-state index contributed by atoms with van der Waals surface area (Å²) in [5, 5.41) is 10.7. The molecule has 2 aromatic rings. The molecule has 2 aromatic carbocycles. The van der Waals surface area contributed by atoms with Gasteiger partial charge in [0.2, 0.25) is 0 Å². The van der Waals surface area contributed by atoms with E-state index >= 15 is 0 Å². The molecular weight excluding hydrogens is 522 g/mol. The van der Waals surface area contributed by atoms with Crippen molar-refractivity contribution in [2.24, 2.45) is 17.3 Å². The fourth-order valence-corrected chi connectivity index (χ4v) is 6.20. The van der Waals surface area contributed by atoms with Gasteiger partial charge in [0, 0.05) is 26.7 Å². The zero-order valence-corrected chi connectivity index (χ0v) is 26.0. The number of nitrogens with zero attached hydrogens (tertiary/aromatic N) is 1. The number of carbonyl (C=O) groups is 1. The van der Waals surface area contributed by atoms with E-state index in [-0.39, 0.29) is 11.8 Å². The molecule has 1 N–H and O–H groups in total. The summed E-state index contributed by atoms with van der Waals surface area (Å²) in [5.41, 5.74) is 2.73. The van der Waals surface area contributed by atoms with Crippen LogP contribution in [0.4, 0.5) is 0 Å². The standard InChI is InChI=1S/C33H49NO7/c1-23(2)33(32(35)36,27-11-10-25-21-30(39-6)31(40-7)22-26(25)20-27)14-16-34(3)15-13-24-9-12-28(29(19-24)38-5)41-18-8-17-37-4/h9,12,19,21-23,27H,8,10-11,13-18,20H2,1-7H3,(H,35,36)/t27-,33?/m1/s1. The van der Waals surface area contributed by atoms with Crippen molar-refractivity contribution in [1.29, 1.82) is 0 Å². The molecule has 0 amide bonds. The summed E-state index contributed by atoms with van der Waals surface area (Å²) in [6.07, 6.45) is 4.65. The zero-order chi connectivity index (χ0) is 30.0. The lowest BCUT2D eigenvalue weighted by Gasteiger charge is -2.43. The third-order valence-corrected chi connectivity index (χ3v) is 8.76. The lowest BCUT2D eigenvalue weighted by molar-refractivity contribution is -0.158. The normalized spacial score (nSPS) is 16.3. The van der Waals surface area contributed by atoms with E-state index < -0.39 is 11.4 Å². The number of benzene rings is 2. The summed E-state index contributed by atoms with van der Waals surface area (Å²) in [7, 11) is 8.69. The van der Waals surface area contributed by atoms with Gasteiger partial charge in [0.15, 0.2) is 23.0 Å². The summed E-state index contributed by atoms with van der Waals surface area (Å²) < 4.78 is 27.5. The van der Waals surface area contributed by atoms with Crippen LogP contribution >= 0.6 is 0 Å². The Morgan fingerprint density at radius 2 is 1.61 bits per heavy atom. The first kappa shape index (κ1) is 32.5. The predicted molar refractivity (Wildman–Crippen MR) is 161 cm³/mol. The topological polar surface area (TPSA) is 86.7 Å². The van der Waals surface area contributed by atoms with Crippen LogP contribution in [0.1, 0.15) is 49.8 Å². The second kappa shape index (κ2) is 15.3. The van der Waals surface area contributed by atoms with E-state index in [0.717, 1.165) is 61.5 Å². The molecule has 3 rings (SSSR count). The molecule has 0 spiro atoms. The maximum atomic E-state index is 13.0. The molecule has 1 unspecified atom stereocenters. The molecule has 0 bridgehead atoms. The monoisotopic (exact) mass is 571 g/mol. The Bertz CT molecular complexity index is 1130. The molecule has 228 valence electrons. The van der Waals surface area contributed by atoms with E-state index in [1.165, 1.54) is 11.1 Å². The Kier molecular flexibility index (Phi) is 12.2. The maximum Gasteiger partial charge on any atom is 0.310 e. The third-order valence-electron chi connectivity index (χ3n) is 8.76. The quantitative estimate of drug-likeness (QED) is 0.248. The van der Waals surface area contributed by atoms with E-state index in [1.54, 1.807) is 28.4 Å². The minimum Gasteiger partial charge on any atom is -0.493 e. The molecule has 1 aliphatic rings. The summed E-state index contributed by atoms with van der Waals surface area (Å²) in [4.78, 5) is 15.3. The highest BCUT2D eigenvalue weighted by molar-refractivity contribution is 5.75. The average Bonchev–Trinajstić information content (AvgIpc) is 2.97. The van der Waals surface area contributed by atoms with Crippen molar-refractivity contribution in [2.75, 3.05) is 61.8 Å². The van der Waals surface area contributed by atoms with E-state index in [0.29, 0.717) is 31.9 Å². The Morgan fingerprint density at radius 1 is 0.951 bits per heavy atom. The van der Waals surface area contributed by atoms with Crippen LogP contribution in [0.2, 0.25) is 0 Å². The molecule has 0 aliphatic heterocycles. The van der Waals surface area contributed by atoms with Crippen molar-refractivity contribution in [3.63, 3.8) is 0 Å². The molecule has 0 saturated carbocycles. The van der Waals surface area contributed by atoms with Crippen LogP contribution in [-0.2, 0) is 28.8 Å². The minimum absolute atomic E-state index is 0.000730. The molecule has 0 radical (unpaired) electrons. The Labute approximate surface area is 245 Å². The van der Waals surface area contributed by atoms with Gasteiger partial charge in [-0.2, -0.15) is 0 Å². The molecular formula is C33H49NO7. The van der Waals surface area contributed by atoms with Gasteiger partial charge in [0.1, 0.15) is 0 Å². The van der Waals surface area contributed by atoms with Crippen LogP contribution < -0.4 is 18.9 Å². The van der Waals surface area contributed by atoms with Gasteiger partial charge in [0.05, 0.1) is 33.4 Å². The van der Waals surface area contributed by atoms with Crippen LogP contribution in [0.15, 0.2) is 30.3 Å². The number of carboxylic acids is 1. The number of aliphatic carboxylic acids is 1. The molecule has 0 heterocycles. The van der Waals surface area contributed by atoms with Gasteiger partial charge in [-0.05, 0) is 98.5 Å². The number of aryl methyl sites for hydroxylation is 1. The Balaban J connectivity index is 1.66. The molecule has 0 saturated heterocycles. The van der Waals surface area contributed by atoms with Crippen LogP contribution in [0.3, 0.4) is 0 Å². The fourth-order valence-electron chi connectivity index (χ4n) is 6.20. The van der Waals surface area contributed by atoms with Gasteiger partial charge in [-0.1, -0.05) is 19.9 Å². The minimum atomic E-state index is -0.815. The molecule has 8 heteroatoms. The third kappa shape index (κ3) is 7.86. The molecule has 41 heavy (non-hydrogen) atoms. The fraction of sp³-hybridized carbons (Fsp3) is 0.606. The number of hydrogen-bond donors (Lipinski definition) is 1. The maximum absolute atomic E-state index is 13.0. The molecule has 2 atom stereocenters. The summed E-state index contributed by atoms with van der Waals surface area (Å²) in [5.74, 6) is 2.22. The van der Waals surface area contributed by atoms with Crippen molar-refractivity contribution in [3.8, 4) is 23.0 Å². The van der Waals surface area contributed by atoms with Gasteiger partial charge >= 0.3 is 5.97 Å². The SMILES string of the molecule is COCCCOc1ccc(CCN(C)CCC(C(=O)O)(C(C)C)[C@@H]2CCc3cc(OC)c(OC)cc3C2)cc1OC. The first-order valence-electron chi connectivity index (χ1n) is 14.6. The molecule has 1 aliphatic carbocycles. The highest BCUT2D eigenvalue weighted by Gasteiger charge is 2.48. The summed E-state index contributed by atoms with van der Waals surface area (Å²) >= 11 is 0. The van der Waals surface area contributed by atoms with Gasteiger partial charge in [-0.3, -0.25) is 4.79 Å². The van der Waals surface area contributed by atoms with Crippen molar-refractivity contribution in [2.45, 2.75) is 52.4 Å². The Hall–Kier alpha value is -2.97. The highest BCUT2D eigenvalue weighted by atomic mass is 16.5. The van der Waals surface area contributed by atoms with Crippen molar-refractivity contribution in [1.82, 2.24) is 4.90 Å². The van der Waals surface area contributed by atoms with Gasteiger partial charge in [-0.15, -0.1) is 0 Å². The van der Waals surface area contributed by atoms with Crippen LogP contribution in [0.5, 0.6) is 23.0 Å².